The summed E-state index contributed by atoms with van der Waals surface area (Å²) in [6, 6.07) is 11.7. The molecule has 0 fully saturated rings. The number of pyridine rings is 1. The molecule has 0 saturated heterocycles. The Kier molecular flexibility index (Phi) is 7.26. The fourth-order valence-corrected chi connectivity index (χ4v) is 2.58. The largest absolute Gasteiger partial charge is 0.348 e. The van der Waals surface area contributed by atoms with Crippen molar-refractivity contribution in [3.8, 4) is 0 Å². The third kappa shape index (κ3) is 5.78. The third-order valence-electron chi connectivity index (χ3n) is 2.69. The number of carbonyl (C=O) groups is 1. The lowest BCUT2D eigenvalue weighted by atomic mass is 10.2. The van der Waals surface area contributed by atoms with Crippen LogP contribution < -0.4 is 5.32 Å². The zero-order valence-electron chi connectivity index (χ0n) is 12.1. The van der Waals surface area contributed by atoms with Crippen LogP contribution in [0.4, 0.5) is 0 Å². The lowest BCUT2D eigenvalue weighted by Crippen LogP contribution is -2.22. The van der Waals surface area contributed by atoms with Crippen molar-refractivity contribution in [3.63, 3.8) is 0 Å². The number of aromatic nitrogens is 1. The van der Waals surface area contributed by atoms with E-state index >= 15 is 0 Å². The van der Waals surface area contributed by atoms with Crippen LogP contribution in [0.25, 0.3) is 0 Å². The highest BCUT2D eigenvalue weighted by molar-refractivity contribution is 7.99. The van der Waals surface area contributed by atoms with Crippen molar-refractivity contribution in [3.05, 3.63) is 59.9 Å². The lowest BCUT2D eigenvalue weighted by Gasteiger charge is -2.07. The summed E-state index contributed by atoms with van der Waals surface area (Å²) < 4.78 is 0. The summed E-state index contributed by atoms with van der Waals surface area (Å²) in [6.45, 7) is 4.88. The summed E-state index contributed by atoms with van der Waals surface area (Å²) in [7, 11) is 0. The summed E-state index contributed by atoms with van der Waals surface area (Å²) in [4.78, 5) is 17.0. The zero-order chi connectivity index (χ0) is 14.4. The number of carbonyl (C=O) groups excluding carboxylic acids is 1. The summed E-state index contributed by atoms with van der Waals surface area (Å²) in [5.74, 6) is -0.0759. The molecule has 0 atom stereocenters. The lowest BCUT2D eigenvalue weighted by molar-refractivity contribution is 0.0951. The molecule has 112 valence electrons. The second-order valence-corrected chi connectivity index (χ2v) is 6.38. The molecule has 0 aliphatic heterocycles. The van der Waals surface area contributed by atoms with Crippen LogP contribution in [0.2, 0.25) is 0 Å². The Morgan fingerprint density at radius 2 is 1.76 bits per heavy atom. The Balaban J connectivity index is 0.00000220. The van der Waals surface area contributed by atoms with E-state index in [0.29, 0.717) is 17.4 Å². The highest BCUT2D eigenvalue weighted by Crippen LogP contribution is 2.22. The molecule has 1 heterocycles. The number of nitrogens with one attached hydrogen (secondary N) is 1. The minimum absolute atomic E-state index is 0. The van der Waals surface area contributed by atoms with E-state index in [-0.39, 0.29) is 18.3 Å². The first kappa shape index (κ1) is 17.5. The van der Waals surface area contributed by atoms with Gasteiger partial charge in [0.05, 0.1) is 0 Å². The minimum atomic E-state index is -0.0759. The van der Waals surface area contributed by atoms with E-state index in [1.165, 1.54) is 4.90 Å². The molecule has 5 heteroatoms. The van der Waals surface area contributed by atoms with Gasteiger partial charge in [-0.25, -0.2) is 0 Å². The number of rotatable bonds is 5. The van der Waals surface area contributed by atoms with Crippen molar-refractivity contribution in [1.82, 2.24) is 10.3 Å². The average molecular weight is 323 g/mol. The SMILES string of the molecule is CC(C)Sc1ccc(CNC(=O)c2ccncc2)cc1.Cl. The molecular formula is C16H19ClN2OS. The van der Waals surface area contributed by atoms with Crippen LogP contribution in [-0.2, 0) is 6.54 Å². The molecule has 0 saturated carbocycles. The molecule has 0 bridgehead atoms. The molecule has 1 aromatic heterocycles. The molecule has 2 rings (SSSR count). The summed E-state index contributed by atoms with van der Waals surface area (Å²) in [5.41, 5.74) is 1.73. The van der Waals surface area contributed by atoms with Crippen molar-refractivity contribution in [2.24, 2.45) is 0 Å². The topological polar surface area (TPSA) is 42.0 Å². The fourth-order valence-electron chi connectivity index (χ4n) is 1.75. The van der Waals surface area contributed by atoms with Crippen molar-refractivity contribution >= 4 is 30.1 Å². The van der Waals surface area contributed by atoms with Crippen molar-refractivity contribution in [1.29, 1.82) is 0 Å². The zero-order valence-corrected chi connectivity index (χ0v) is 13.7. The number of hydrogen-bond acceptors (Lipinski definition) is 3. The normalized spacial score (nSPS) is 10.0. The molecular weight excluding hydrogens is 304 g/mol. The number of amides is 1. The van der Waals surface area contributed by atoms with Gasteiger partial charge in [-0.2, -0.15) is 0 Å². The van der Waals surface area contributed by atoms with Gasteiger partial charge in [-0.1, -0.05) is 26.0 Å². The molecule has 0 spiro atoms. The maximum Gasteiger partial charge on any atom is 0.251 e. The highest BCUT2D eigenvalue weighted by atomic mass is 35.5. The Hall–Kier alpha value is -1.52. The van der Waals surface area contributed by atoms with E-state index < -0.39 is 0 Å². The van der Waals surface area contributed by atoms with Gasteiger partial charge in [0.2, 0.25) is 0 Å². The number of nitrogens with zero attached hydrogens (tertiary/aromatic N) is 1. The Morgan fingerprint density at radius 1 is 1.14 bits per heavy atom. The molecule has 0 aliphatic rings. The van der Waals surface area contributed by atoms with E-state index in [0.717, 1.165) is 5.56 Å². The second kappa shape index (κ2) is 8.70. The number of thioether (sulfide) groups is 1. The van der Waals surface area contributed by atoms with Gasteiger partial charge >= 0.3 is 0 Å². The van der Waals surface area contributed by atoms with Crippen molar-refractivity contribution in [2.45, 2.75) is 30.5 Å². The van der Waals surface area contributed by atoms with Gasteiger partial charge < -0.3 is 5.32 Å². The number of benzene rings is 1. The van der Waals surface area contributed by atoms with Crippen LogP contribution in [-0.4, -0.2) is 16.1 Å². The maximum absolute atomic E-state index is 11.9. The van der Waals surface area contributed by atoms with Gasteiger partial charge in [0.1, 0.15) is 0 Å². The van der Waals surface area contributed by atoms with Gasteiger partial charge in [-0.05, 0) is 29.8 Å². The van der Waals surface area contributed by atoms with E-state index in [2.05, 4.69) is 48.4 Å². The Morgan fingerprint density at radius 3 is 2.33 bits per heavy atom. The van der Waals surface area contributed by atoms with Crippen LogP contribution in [0.5, 0.6) is 0 Å². The van der Waals surface area contributed by atoms with E-state index in [4.69, 9.17) is 0 Å². The molecule has 0 radical (unpaired) electrons. The highest BCUT2D eigenvalue weighted by Gasteiger charge is 2.04. The first-order chi connectivity index (χ1) is 9.65. The van der Waals surface area contributed by atoms with Crippen LogP contribution in [0.3, 0.4) is 0 Å². The van der Waals surface area contributed by atoms with E-state index in [1.807, 2.05) is 11.8 Å². The van der Waals surface area contributed by atoms with Gasteiger partial charge in [0.15, 0.2) is 0 Å². The van der Waals surface area contributed by atoms with E-state index in [9.17, 15) is 4.79 Å². The smallest absolute Gasteiger partial charge is 0.251 e. The molecule has 21 heavy (non-hydrogen) atoms. The first-order valence-corrected chi connectivity index (χ1v) is 7.47. The summed E-state index contributed by atoms with van der Waals surface area (Å²) in [5, 5.41) is 3.48. The molecule has 1 amide bonds. The monoisotopic (exact) mass is 322 g/mol. The number of hydrogen-bond donors (Lipinski definition) is 1. The fraction of sp³-hybridized carbons (Fsp3) is 0.250. The molecule has 0 aliphatic carbocycles. The molecule has 3 nitrogen and oxygen atoms in total. The summed E-state index contributed by atoms with van der Waals surface area (Å²) >= 11 is 1.83. The van der Waals surface area contributed by atoms with Gasteiger partial charge in [0, 0.05) is 34.6 Å². The second-order valence-electron chi connectivity index (χ2n) is 4.73. The summed E-state index contributed by atoms with van der Waals surface area (Å²) in [6.07, 6.45) is 3.24. The van der Waals surface area contributed by atoms with Crippen LogP contribution in [0.15, 0.2) is 53.7 Å². The van der Waals surface area contributed by atoms with E-state index in [1.54, 1.807) is 24.5 Å². The first-order valence-electron chi connectivity index (χ1n) is 6.59. The molecule has 2 aromatic rings. The predicted octanol–water partition coefficient (Wildman–Crippen LogP) is 3.93. The molecule has 1 aromatic carbocycles. The Bertz CT molecular complexity index is 558. The molecule has 0 unspecified atom stereocenters. The van der Waals surface area contributed by atoms with Gasteiger partial charge in [-0.3, -0.25) is 9.78 Å². The van der Waals surface area contributed by atoms with Crippen LogP contribution in [0, 0.1) is 0 Å². The van der Waals surface area contributed by atoms with Crippen LogP contribution >= 0.6 is 24.2 Å². The Labute approximate surface area is 136 Å². The standard InChI is InChI=1S/C16H18N2OS.ClH/c1-12(2)20-15-5-3-13(4-6-15)11-18-16(19)14-7-9-17-10-8-14;/h3-10,12H,11H2,1-2H3,(H,18,19);1H. The predicted molar refractivity (Wildman–Crippen MR) is 90.1 cm³/mol. The van der Waals surface area contributed by atoms with Gasteiger partial charge in [0.25, 0.3) is 5.91 Å². The van der Waals surface area contributed by atoms with Gasteiger partial charge in [-0.15, -0.1) is 24.2 Å². The quantitative estimate of drug-likeness (QED) is 0.848. The minimum Gasteiger partial charge on any atom is -0.348 e. The molecule has 1 N–H and O–H groups in total. The number of halogens is 1. The third-order valence-corrected chi connectivity index (χ3v) is 3.71. The van der Waals surface area contributed by atoms with Crippen molar-refractivity contribution in [2.75, 3.05) is 0 Å². The average Bonchev–Trinajstić information content (AvgIpc) is 2.46. The maximum atomic E-state index is 11.9. The van der Waals surface area contributed by atoms with Crippen molar-refractivity contribution < 1.29 is 4.79 Å². The van der Waals surface area contributed by atoms with Crippen LogP contribution in [0.1, 0.15) is 29.8 Å².